The first kappa shape index (κ1) is 22.7. The van der Waals surface area contributed by atoms with Crippen LogP contribution in [0, 0.1) is 5.82 Å². The molecule has 1 aromatic carbocycles. The highest BCUT2D eigenvalue weighted by Gasteiger charge is 2.33. The number of fused-ring (bicyclic) bond motifs is 1. The van der Waals surface area contributed by atoms with Gasteiger partial charge in [-0.1, -0.05) is 0 Å². The smallest absolute Gasteiger partial charge is 0.281 e. The van der Waals surface area contributed by atoms with Gasteiger partial charge in [-0.25, -0.2) is 19.3 Å². The maximum atomic E-state index is 14.0. The molecule has 34 heavy (non-hydrogen) atoms. The molecular formula is C21H22FN7O3S2. The predicted molar refractivity (Wildman–Crippen MR) is 128 cm³/mol. The minimum atomic E-state index is -3.39. The van der Waals surface area contributed by atoms with Gasteiger partial charge in [-0.15, -0.1) is 11.3 Å². The molecule has 0 unspecified atom stereocenters. The summed E-state index contributed by atoms with van der Waals surface area (Å²) >= 11 is 1.48. The summed E-state index contributed by atoms with van der Waals surface area (Å²) in [6.07, 6.45) is 3.53. The lowest BCUT2D eigenvalue weighted by Crippen LogP contribution is -2.34. The maximum absolute atomic E-state index is 14.0. The lowest BCUT2D eigenvalue weighted by Gasteiger charge is -2.16. The van der Waals surface area contributed by atoms with E-state index in [0.717, 1.165) is 10.7 Å². The summed E-state index contributed by atoms with van der Waals surface area (Å²) in [5, 5.41) is 5.04. The Balaban J connectivity index is 1.44. The van der Waals surface area contributed by atoms with E-state index < -0.39 is 16.0 Å². The van der Waals surface area contributed by atoms with Gasteiger partial charge in [0.2, 0.25) is 5.95 Å². The minimum absolute atomic E-state index is 0.132. The van der Waals surface area contributed by atoms with Gasteiger partial charge >= 0.3 is 0 Å². The van der Waals surface area contributed by atoms with Gasteiger partial charge < -0.3 is 10.1 Å². The van der Waals surface area contributed by atoms with Crippen molar-refractivity contribution in [2.75, 3.05) is 45.7 Å². The molecule has 10 nitrogen and oxygen atoms in total. The molecule has 0 aliphatic carbocycles. The van der Waals surface area contributed by atoms with Crippen LogP contribution in [0.15, 0.2) is 42.0 Å². The predicted octanol–water partition coefficient (Wildman–Crippen LogP) is 2.57. The molecule has 0 bridgehead atoms. The number of halogens is 1. The number of anilines is 1. The molecule has 0 amide bonds. The SMILES string of the molecule is COc1cc(-c2nc3sccn3c2-c2ccnc(NCCN3CCN(C)S3(=O)=O)n2)ccc1F. The molecule has 4 heterocycles. The van der Waals surface area contributed by atoms with Crippen molar-refractivity contribution in [2.24, 2.45) is 0 Å². The van der Waals surface area contributed by atoms with Crippen LogP contribution in [0.5, 0.6) is 5.75 Å². The van der Waals surface area contributed by atoms with Crippen LogP contribution >= 0.6 is 11.3 Å². The van der Waals surface area contributed by atoms with Crippen LogP contribution in [-0.2, 0) is 10.2 Å². The van der Waals surface area contributed by atoms with Crippen molar-refractivity contribution in [1.29, 1.82) is 0 Å². The number of ether oxygens (including phenoxy) is 1. The van der Waals surface area contributed by atoms with Crippen molar-refractivity contribution in [1.82, 2.24) is 28.0 Å². The van der Waals surface area contributed by atoms with Crippen molar-refractivity contribution >= 4 is 32.5 Å². The number of hydrogen-bond donors (Lipinski definition) is 1. The van der Waals surface area contributed by atoms with Crippen LogP contribution in [0.4, 0.5) is 10.3 Å². The first-order chi connectivity index (χ1) is 16.4. The third-order valence-electron chi connectivity index (χ3n) is 5.61. The van der Waals surface area contributed by atoms with Crippen molar-refractivity contribution in [3.05, 3.63) is 47.9 Å². The average Bonchev–Trinajstić information content (AvgIpc) is 3.49. The average molecular weight is 504 g/mol. The summed E-state index contributed by atoms with van der Waals surface area (Å²) < 4.78 is 48.3. The second kappa shape index (κ2) is 8.91. The monoisotopic (exact) mass is 503 g/mol. The molecule has 0 spiro atoms. The Labute approximate surface area is 199 Å². The van der Waals surface area contributed by atoms with Gasteiger partial charge in [0, 0.05) is 56.6 Å². The van der Waals surface area contributed by atoms with Gasteiger partial charge in [0.05, 0.1) is 18.5 Å². The molecule has 1 N–H and O–H groups in total. The molecule has 4 aromatic rings. The zero-order chi connectivity index (χ0) is 23.9. The van der Waals surface area contributed by atoms with E-state index in [-0.39, 0.29) is 5.75 Å². The second-order valence-corrected chi connectivity index (χ2v) is 10.5. The first-order valence-electron chi connectivity index (χ1n) is 10.5. The van der Waals surface area contributed by atoms with Gasteiger partial charge in [-0.05, 0) is 24.3 Å². The fourth-order valence-corrected chi connectivity index (χ4v) is 5.87. The van der Waals surface area contributed by atoms with E-state index in [1.165, 1.54) is 33.1 Å². The van der Waals surface area contributed by atoms with Crippen LogP contribution in [0.2, 0.25) is 0 Å². The molecule has 1 aliphatic heterocycles. The number of hydrogen-bond acceptors (Lipinski definition) is 8. The fraction of sp³-hybridized carbons (Fsp3) is 0.286. The second-order valence-electron chi connectivity index (χ2n) is 7.63. The number of rotatable bonds is 7. The third-order valence-corrected chi connectivity index (χ3v) is 8.36. The van der Waals surface area contributed by atoms with Crippen LogP contribution in [0.3, 0.4) is 0 Å². The van der Waals surface area contributed by atoms with Gasteiger partial charge in [-0.2, -0.15) is 17.0 Å². The summed E-state index contributed by atoms with van der Waals surface area (Å²) in [6, 6.07) is 6.39. The van der Waals surface area contributed by atoms with Crippen LogP contribution in [0.25, 0.3) is 27.6 Å². The lowest BCUT2D eigenvalue weighted by atomic mass is 10.1. The van der Waals surface area contributed by atoms with Gasteiger partial charge in [0.25, 0.3) is 10.2 Å². The Morgan fingerprint density at radius 1 is 1.24 bits per heavy atom. The van der Waals surface area contributed by atoms with Crippen molar-refractivity contribution in [2.45, 2.75) is 0 Å². The topological polar surface area (TPSA) is 105 Å². The number of benzene rings is 1. The number of imidazole rings is 1. The number of methoxy groups -OCH3 is 1. The molecule has 3 aromatic heterocycles. The summed E-state index contributed by atoms with van der Waals surface area (Å²) in [6.45, 7) is 1.60. The highest BCUT2D eigenvalue weighted by molar-refractivity contribution is 7.87. The summed E-state index contributed by atoms with van der Waals surface area (Å²) in [5.74, 6) is 0.0520. The van der Waals surface area contributed by atoms with E-state index >= 15 is 0 Å². The molecule has 1 fully saturated rings. The lowest BCUT2D eigenvalue weighted by molar-refractivity contribution is 0.387. The van der Waals surface area contributed by atoms with Crippen molar-refractivity contribution < 1.29 is 17.5 Å². The first-order valence-corrected chi connectivity index (χ1v) is 12.7. The summed E-state index contributed by atoms with van der Waals surface area (Å²) in [5.41, 5.74) is 2.69. The Morgan fingerprint density at radius 2 is 2.09 bits per heavy atom. The zero-order valence-corrected chi connectivity index (χ0v) is 20.1. The molecule has 13 heteroatoms. The van der Waals surface area contributed by atoms with Crippen molar-refractivity contribution in [3.63, 3.8) is 0 Å². The standard InChI is InChI=1S/C21H22FN7O3S2/c1-27-9-10-28(34(27,30)31)8-7-24-20-23-6-5-16(25-20)19-18(26-21-29(19)11-12-33-21)14-3-4-15(22)17(13-14)32-2/h3-6,11-13H,7-10H2,1-2H3,(H,23,24,25). The van der Waals surface area contributed by atoms with Crippen LogP contribution < -0.4 is 10.1 Å². The fourth-order valence-electron chi connectivity index (χ4n) is 3.81. The molecule has 1 aliphatic rings. The van der Waals surface area contributed by atoms with E-state index in [0.29, 0.717) is 49.1 Å². The summed E-state index contributed by atoms with van der Waals surface area (Å²) in [4.78, 5) is 14.4. The molecule has 5 rings (SSSR count). The van der Waals surface area contributed by atoms with Gasteiger partial charge in [-0.3, -0.25) is 4.40 Å². The number of likely N-dealkylation sites (N-methyl/N-ethyl adjacent to an activating group) is 1. The highest BCUT2D eigenvalue weighted by atomic mass is 32.2. The van der Waals surface area contributed by atoms with Gasteiger partial charge in [0.1, 0.15) is 5.69 Å². The van der Waals surface area contributed by atoms with Crippen LogP contribution in [0.1, 0.15) is 0 Å². The number of nitrogens with zero attached hydrogens (tertiary/aromatic N) is 6. The Morgan fingerprint density at radius 3 is 2.85 bits per heavy atom. The normalized spacial score (nSPS) is 16.3. The highest BCUT2D eigenvalue weighted by Crippen LogP contribution is 2.35. The molecular weight excluding hydrogens is 481 g/mol. The van der Waals surface area contributed by atoms with E-state index in [2.05, 4.69) is 15.3 Å². The molecule has 0 saturated carbocycles. The van der Waals surface area contributed by atoms with E-state index in [4.69, 9.17) is 9.72 Å². The van der Waals surface area contributed by atoms with Crippen molar-refractivity contribution in [3.8, 4) is 28.4 Å². The molecule has 178 valence electrons. The Bertz CT molecular complexity index is 1450. The molecule has 0 radical (unpaired) electrons. The molecule has 0 atom stereocenters. The Kier molecular flexibility index (Phi) is 5.93. The maximum Gasteiger partial charge on any atom is 0.281 e. The minimum Gasteiger partial charge on any atom is -0.494 e. The van der Waals surface area contributed by atoms with E-state index in [1.807, 2.05) is 16.0 Å². The Hall–Kier alpha value is -3.13. The molecule has 1 saturated heterocycles. The van der Waals surface area contributed by atoms with E-state index in [9.17, 15) is 12.8 Å². The largest absolute Gasteiger partial charge is 0.494 e. The van der Waals surface area contributed by atoms with E-state index in [1.54, 1.807) is 31.4 Å². The quantitative estimate of drug-likeness (QED) is 0.413. The third kappa shape index (κ3) is 4.00. The zero-order valence-electron chi connectivity index (χ0n) is 18.5. The number of nitrogens with one attached hydrogen (secondary N) is 1. The van der Waals surface area contributed by atoms with Gasteiger partial charge in [0.15, 0.2) is 16.5 Å². The van der Waals surface area contributed by atoms with Crippen LogP contribution in [-0.4, -0.2) is 76.7 Å². The summed E-state index contributed by atoms with van der Waals surface area (Å²) in [7, 11) is -0.399. The number of thiazole rings is 1. The number of aromatic nitrogens is 4.